The van der Waals surface area contributed by atoms with Crippen LogP contribution in [0.4, 0.5) is 21.6 Å². The number of aliphatic imine (C=N–C) groups is 1. The van der Waals surface area contributed by atoms with Gasteiger partial charge in [0.25, 0.3) is 5.69 Å². The lowest BCUT2D eigenvalue weighted by atomic mass is 10.2. The Bertz CT molecular complexity index is 1580. The van der Waals surface area contributed by atoms with Crippen LogP contribution in [0.3, 0.4) is 0 Å². The normalized spacial score (nSPS) is 19.3. The minimum absolute atomic E-state index is 0.0635. The molecular formula is C25H25BrFN8O3P. The number of non-ortho nitro benzene ring substituents is 1. The first-order valence-electron chi connectivity index (χ1n) is 12.2. The smallest absolute Gasteiger partial charge is 0.270 e. The number of morpholine rings is 1. The first-order valence-corrected chi connectivity index (χ1v) is 14.6. The molecule has 39 heavy (non-hydrogen) atoms. The number of hydrogen-bond acceptors (Lipinski definition) is 7. The predicted molar refractivity (Wildman–Crippen MR) is 149 cm³/mol. The van der Waals surface area contributed by atoms with Crippen LogP contribution in [-0.4, -0.2) is 63.2 Å². The number of nitriles is 1. The largest absolute Gasteiger partial charge is 0.379 e. The van der Waals surface area contributed by atoms with Crippen molar-refractivity contribution in [3.63, 3.8) is 0 Å². The van der Waals surface area contributed by atoms with E-state index in [1.165, 1.54) is 18.2 Å². The lowest BCUT2D eigenvalue weighted by molar-refractivity contribution is -0.384. The van der Waals surface area contributed by atoms with Crippen molar-refractivity contribution >= 4 is 51.6 Å². The van der Waals surface area contributed by atoms with Crippen molar-refractivity contribution in [2.75, 3.05) is 33.4 Å². The van der Waals surface area contributed by atoms with Gasteiger partial charge in [-0.2, -0.15) is 10.4 Å². The molecule has 2 aliphatic rings. The van der Waals surface area contributed by atoms with Gasteiger partial charge in [-0.3, -0.25) is 10.1 Å². The summed E-state index contributed by atoms with van der Waals surface area (Å²) in [6.07, 6.45) is 0.224. The molecule has 1 fully saturated rings. The van der Waals surface area contributed by atoms with E-state index in [1.807, 2.05) is 18.6 Å². The molecular weight excluding hydrogens is 590 g/mol. The maximum Gasteiger partial charge on any atom is 0.270 e. The van der Waals surface area contributed by atoms with Crippen molar-refractivity contribution in [1.29, 1.82) is 5.26 Å². The number of nitro benzene ring substituents is 1. The molecule has 0 saturated carbocycles. The van der Waals surface area contributed by atoms with Gasteiger partial charge in [-0.15, -0.1) is 0 Å². The second kappa shape index (κ2) is 11.0. The average Bonchev–Trinajstić information content (AvgIpc) is 3.25. The molecule has 0 aliphatic carbocycles. The minimum Gasteiger partial charge on any atom is -0.379 e. The van der Waals surface area contributed by atoms with Crippen LogP contribution < -0.4 is 5.30 Å². The molecule has 14 heteroatoms. The first kappa shape index (κ1) is 27.1. The van der Waals surface area contributed by atoms with E-state index in [4.69, 9.17) is 19.6 Å². The van der Waals surface area contributed by atoms with Crippen molar-refractivity contribution in [2.24, 2.45) is 9.74 Å². The van der Waals surface area contributed by atoms with Gasteiger partial charge in [0.2, 0.25) is 0 Å². The molecule has 1 atom stereocenters. The zero-order chi connectivity index (χ0) is 27.7. The highest BCUT2D eigenvalue weighted by molar-refractivity contribution is 9.10. The summed E-state index contributed by atoms with van der Waals surface area (Å²) in [7, 11) is -1.12. The fourth-order valence-electron chi connectivity index (χ4n) is 4.85. The Morgan fingerprint density at radius 2 is 2.03 bits per heavy atom. The second-order valence-corrected chi connectivity index (χ2v) is 12.8. The van der Waals surface area contributed by atoms with E-state index >= 15 is 4.39 Å². The highest BCUT2D eigenvalue weighted by Crippen LogP contribution is 2.62. The van der Waals surface area contributed by atoms with Gasteiger partial charge < -0.3 is 9.41 Å². The highest BCUT2D eigenvalue weighted by atomic mass is 79.9. The number of rotatable bonds is 6. The van der Waals surface area contributed by atoms with E-state index in [0.717, 1.165) is 5.30 Å². The molecule has 2 aliphatic heterocycles. The third kappa shape index (κ3) is 4.78. The zero-order valence-corrected chi connectivity index (χ0v) is 23.8. The molecule has 3 heterocycles. The summed E-state index contributed by atoms with van der Waals surface area (Å²) in [5, 5.41) is 26.2. The number of fused-ring (bicyclic) bond motifs is 1. The lowest BCUT2D eigenvalue weighted by Gasteiger charge is -2.46. The molecule has 0 amide bonds. The molecule has 0 N–H and O–H groups in total. The Balaban J connectivity index is 1.86. The number of ether oxygens (including phenoxy) is 1. The lowest BCUT2D eigenvalue weighted by Crippen LogP contribution is -2.45. The molecule has 1 saturated heterocycles. The molecule has 2 aromatic carbocycles. The van der Waals surface area contributed by atoms with Crippen molar-refractivity contribution < 1.29 is 14.1 Å². The molecule has 3 aromatic rings. The van der Waals surface area contributed by atoms with Gasteiger partial charge in [-0.05, 0) is 41.1 Å². The van der Waals surface area contributed by atoms with Crippen LogP contribution in [0, 0.1) is 34.2 Å². The topological polar surface area (TPSA) is 125 Å². The summed E-state index contributed by atoms with van der Waals surface area (Å²) in [4.78, 5) is 15.9. The average molecular weight is 615 g/mol. The van der Waals surface area contributed by atoms with E-state index in [9.17, 15) is 15.4 Å². The van der Waals surface area contributed by atoms with Crippen LogP contribution in [0.1, 0.15) is 17.7 Å². The Morgan fingerprint density at radius 3 is 2.69 bits per heavy atom. The van der Waals surface area contributed by atoms with Crippen molar-refractivity contribution in [3.05, 3.63) is 74.1 Å². The zero-order valence-electron chi connectivity index (χ0n) is 21.3. The first-order chi connectivity index (χ1) is 18.8. The molecule has 5 rings (SSSR count). The highest BCUT2D eigenvalue weighted by Gasteiger charge is 2.46. The monoisotopic (exact) mass is 614 g/mol. The SMILES string of the molecule is Cc1nn(CCC#N)c2c1[P@@](=Nc1ccc([N+](=O)[O-])cc1Br)(N1CCOCC1)N(C)C(c1ccccc1F)=N2. The third-order valence-electron chi connectivity index (χ3n) is 6.63. The molecule has 0 radical (unpaired) electrons. The summed E-state index contributed by atoms with van der Waals surface area (Å²) < 4.78 is 32.6. The van der Waals surface area contributed by atoms with Crippen LogP contribution in [0.5, 0.6) is 0 Å². The third-order valence-corrected chi connectivity index (χ3v) is 11.1. The summed E-state index contributed by atoms with van der Waals surface area (Å²) in [6.45, 7) is 4.27. The van der Waals surface area contributed by atoms with Gasteiger partial charge in [0.05, 0.1) is 63.9 Å². The number of benzene rings is 2. The fourth-order valence-corrected chi connectivity index (χ4v) is 9.29. The van der Waals surface area contributed by atoms with E-state index in [1.54, 1.807) is 28.9 Å². The predicted octanol–water partition coefficient (Wildman–Crippen LogP) is 5.26. The number of halogens is 2. The molecule has 0 unspecified atom stereocenters. The van der Waals surface area contributed by atoms with Gasteiger partial charge in [-0.1, -0.05) is 12.1 Å². The van der Waals surface area contributed by atoms with E-state index in [2.05, 4.69) is 26.7 Å². The molecule has 1 aromatic heterocycles. The van der Waals surface area contributed by atoms with Gasteiger partial charge in [0, 0.05) is 32.3 Å². The van der Waals surface area contributed by atoms with Crippen LogP contribution in [-0.2, 0) is 11.3 Å². The second-order valence-electron chi connectivity index (χ2n) is 8.95. The van der Waals surface area contributed by atoms with E-state index in [-0.39, 0.29) is 12.1 Å². The quantitative estimate of drug-likeness (QED) is 0.211. The number of hydrogen-bond donors (Lipinski definition) is 0. The van der Waals surface area contributed by atoms with Gasteiger partial charge >= 0.3 is 0 Å². The number of amidine groups is 1. The van der Waals surface area contributed by atoms with Crippen molar-refractivity contribution in [2.45, 2.75) is 19.9 Å². The molecule has 0 bridgehead atoms. The number of nitrogens with zero attached hydrogens (tertiary/aromatic N) is 8. The minimum atomic E-state index is -2.98. The number of aryl methyl sites for hydroxylation is 2. The standard InChI is InChI=1S/C25H25BrFN8O3P/c1-17-23-25(34(30-17)11-5-10-28)29-24(19-6-3-4-7-21(19)27)32(2)39(23,33-12-14-38-15-13-33)31-22-9-8-18(35(36)37)16-20(22)26/h3-4,6-9,16H,5,11-15H2,1-2H3/t39-/m0/s1. The molecule has 202 valence electrons. The van der Waals surface area contributed by atoms with Crippen molar-refractivity contribution in [3.8, 4) is 6.07 Å². The van der Waals surface area contributed by atoms with Crippen LogP contribution in [0.15, 0.2) is 56.7 Å². The molecule has 0 spiro atoms. The van der Waals surface area contributed by atoms with E-state index in [0.29, 0.717) is 65.9 Å². The summed E-state index contributed by atoms with van der Waals surface area (Å²) in [6, 6.07) is 13.0. The Labute approximate surface area is 232 Å². The Morgan fingerprint density at radius 1 is 1.28 bits per heavy atom. The number of aromatic nitrogens is 2. The van der Waals surface area contributed by atoms with Gasteiger partial charge in [-0.25, -0.2) is 23.5 Å². The molecule has 11 nitrogen and oxygen atoms in total. The Kier molecular flexibility index (Phi) is 7.64. The maximum absolute atomic E-state index is 15.2. The summed E-state index contributed by atoms with van der Waals surface area (Å²) in [5.41, 5.74) is 1.46. The summed E-state index contributed by atoms with van der Waals surface area (Å²) in [5.74, 6) is 0.490. The van der Waals surface area contributed by atoms with Gasteiger partial charge in [0.1, 0.15) is 11.7 Å². The summed E-state index contributed by atoms with van der Waals surface area (Å²) >= 11 is 3.49. The van der Waals surface area contributed by atoms with Crippen LogP contribution in [0.2, 0.25) is 0 Å². The maximum atomic E-state index is 15.2. The fraction of sp³-hybridized carbons (Fsp3) is 0.320. The van der Waals surface area contributed by atoms with Crippen molar-refractivity contribution in [1.82, 2.24) is 19.1 Å². The number of nitro groups is 1. The van der Waals surface area contributed by atoms with E-state index < -0.39 is 18.1 Å². The Hall–Kier alpha value is -3.43. The van der Waals surface area contributed by atoms with Crippen LogP contribution in [0.25, 0.3) is 0 Å². The van der Waals surface area contributed by atoms with Crippen LogP contribution >= 0.6 is 23.3 Å². The van der Waals surface area contributed by atoms with Gasteiger partial charge in [0.15, 0.2) is 13.2 Å².